The van der Waals surface area contributed by atoms with Crippen molar-refractivity contribution in [3.8, 4) is 17.6 Å². The van der Waals surface area contributed by atoms with Gasteiger partial charge in [-0.2, -0.15) is 9.78 Å². The van der Waals surface area contributed by atoms with Crippen molar-refractivity contribution in [1.29, 1.82) is 0 Å². The summed E-state index contributed by atoms with van der Waals surface area (Å²) in [4.78, 5) is 31.5. The molecule has 2 aromatic heterocycles. The molecule has 1 atom stereocenters. The maximum absolute atomic E-state index is 13.2. The number of rotatable bonds is 3. The molecule has 178 valence electrons. The van der Waals surface area contributed by atoms with Crippen LogP contribution in [0.5, 0.6) is 5.75 Å². The Kier molecular flexibility index (Phi) is 6.45. The lowest BCUT2D eigenvalue weighted by Crippen LogP contribution is -2.50. The lowest BCUT2D eigenvalue weighted by molar-refractivity contribution is -0.120. The van der Waals surface area contributed by atoms with Crippen LogP contribution in [0.4, 0.5) is 10.5 Å². The molecule has 0 fully saturated rings. The maximum Gasteiger partial charge on any atom is 0.342 e. The van der Waals surface area contributed by atoms with Gasteiger partial charge < -0.3 is 15.0 Å². The van der Waals surface area contributed by atoms with E-state index in [-0.39, 0.29) is 12.5 Å². The average molecular weight is 478 g/mol. The normalized spacial score (nSPS) is 14.6. The van der Waals surface area contributed by atoms with E-state index >= 15 is 0 Å². The number of carbonyl (C=O) groups is 2. The molecule has 0 saturated carbocycles. The Labute approximate surface area is 208 Å². The number of pyridine rings is 1. The van der Waals surface area contributed by atoms with Crippen LogP contribution in [0.2, 0.25) is 0 Å². The van der Waals surface area contributed by atoms with Gasteiger partial charge in [-0.05, 0) is 41.5 Å². The topological polar surface area (TPSA) is 89.4 Å². The Balaban J connectivity index is 1.28. The Morgan fingerprint density at radius 3 is 2.69 bits per heavy atom. The first-order chi connectivity index (χ1) is 17.6. The molecule has 0 aliphatic carbocycles. The van der Waals surface area contributed by atoms with Crippen molar-refractivity contribution in [2.24, 2.45) is 0 Å². The molecule has 1 N–H and O–H groups in total. The molecule has 0 radical (unpaired) electrons. The van der Waals surface area contributed by atoms with E-state index in [1.807, 2.05) is 48.5 Å². The van der Waals surface area contributed by atoms with Crippen LogP contribution in [0.25, 0.3) is 0 Å². The van der Waals surface area contributed by atoms with Crippen LogP contribution in [0, 0.1) is 11.8 Å². The van der Waals surface area contributed by atoms with Gasteiger partial charge in [-0.1, -0.05) is 42.2 Å². The lowest BCUT2D eigenvalue weighted by Gasteiger charge is -2.20. The number of benzene rings is 2. The summed E-state index contributed by atoms with van der Waals surface area (Å²) in [7, 11) is 1.65. The number of nitrogens with one attached hydrogen (secondary N) is 1. The van der Waals surface area contributed by atoms with Crippen molar-refractivity contribution in [2.45, 2.75) is 12.5 Å². The standard InChI is InChI=1S/C28H23N5O3/c1-32-25-15-21(9-10-22-8-5-13-29-16-22)11-12-26(25)36-19-24(27(32)34)31-28(35)33-18-23(17-30-33)14-20-6-3-2-4-7-20/h2-8,11-13,15-18,24H,14,19H2,1H3,(H,31,35). The van der Waals surface area contributed by atoms with E-state index in [1.54, 1.807) is 44.0 Å². The largest absolute Gasteiger partial charge is 0.489 e. The third-order valence-corrected chi connectivity index (χ3v) is 5.76. The fraction of sp³-hybridized carbons (Fsp3) is 0.143. The van der Waals surface area contributed by atoms with Crippen LogP contribution in [0.3, 0.4) is 0 Å². The minimum atomic E-state index is -0.874. The summed E-state index contributed by atoms with van der Waals surface area (Å²) in [5.41, 5.74) is 4.11. The highest BCUT2D eigenvalue weighted by atomic mass is 16.5. The van der Waals surface area contributed by atoms with Crippen molar-refractivity contribution >= 4 is 17.6 Å². The highest BCUT2D eigenvalue weighted by molar-refractivity contribution is 6.00. The number of aromatic nitrogens is 3. The summed E-state index contributed by atoms with van der Waals surface area (Å²) in [6.07, 6.45) is 7.34. The minimum Gasteiger partial charge on any atom is -0.489 e. The van der Waals surface area contributed by atoms with Crippen LogP contribution < -0.4 is 15.0 Å². The number of ether oxygens (including phenoxy) is 1. The number of amides is 2. The number of hydrogen-bond acceptors (Lipinski definition) is 5. The third-order valence-electron chi connectivity index (χ3n) is 5.76. The monoisotopic (exact) mass is 477 g/mol. The molecule has 0 saturated heterocycles. The molecule has 1 unspecified atom stereocenters. The molecule has 8 nitrogen and oxygen atoms in total. The van der Waals surface area contributed by atoms with Gasteiger partial charge in [-0.15, -0.1) is 0 Å². The highest BCUT2D eigenvalue weighted by Gasteiger charge is 2.31. The van der Waals surface area contributed by atoms with E-state index in [0.717, 1.165) is 22.3 Å². The molecule has 2 amide bonds. The molecule has 8 heteroatoms. The Morgan fingerprint density at radius 2 is 1.89 bits per heavy atom. The molecule has 0 spiro atoms. The zero-order chi connectivity index (χ0) is 24.9. The van der Waals surface area contributed by atoms with E-state index in [9.17, 15) is 9.59 Å². The second-order valence-electron chi connectivity index (χ2n) is 8.34. The Bertz CT molecular complexity index is 1450. The molecule has 2 aromatic carbocycles. The molecule has 3 heterocycles. The van der Waals surface area contributed by atoms with Gasteiger partial charge in [0, 0.05) is 43.2 Å². The fourth-order valence-electron chi connectivity index (χ4n) is 3.87. The van der Waals surface area contributed by atoms with Crippen LogP contribution in [0.15, 0.2) is 85.5 Å². The number of carbonyl (C=O) groups excluding carboxylic acids is 2. The van der Waals surface area contributed by atoms with Gasteiger partial charge in [-0.3, -0.25) is 9.78 Å². The fourth-order valence-corrected chi connectivity index (χ4v) is 3.87. The summed E-state index contributed by atoms with van der Waals surface area (Å²) in [5, 5.41) is 6.90. The van der Waals surface area contributed by atoms with Crippen molar-refractivity contribution in [3.05, 3.63) is 108 Å². The lowest BCUT2D eigenvalue weighted by atomic mass is 10.1. The van der Waals surface area contributed by atoms with Crippen molar-refractivity contribution in [2.75, 3.05) is 18.6 Å². The van der Waals surface area contributed by atoms with Crippen LogP contribution in [0.1, 0.15) is 22.3 Å². The van der Waals surface area contributed by atoms with E-state index in [1.165, 1.54) is 9.58 Å². The number of nitrogens with zero attached hydrogens (tertiary/aromatic N) is 4. The first kappa shape index (κ1) is 22.9. The number of anilines is 1. The van der Waals surface area contributed by atoms with Crippen molar-refractivity contribution in [3.63, 3.8) is 0 Å². The molecule has 1 aliphatic rings. The second kappa shape index (κ2) is 10.2. The molecule has 4 aromatic rings. The maximum atomic E-state index is 13.2. The average Bonchev–Trinajstić information content (AvgIpc) is 3.35. The SMILES string of the molecule is CN1C(=O)C(NC(=O)n2cc(Cc3ccccc3)cn2)COc2ccc(C#Cc3cccnc3)cc21. The number of likely N-dealkylation sites (N-methyl/N-ethyl adjacent to an activating group) is 1. The van der Waals surface area contributed by atoms with Gasteiger partial charge in [-0.25, -0.2) is 4.79 Å². The Hall–Kier alpha value is -4.90. The minimum absolute atomic E-state index is 0.000758. The quantitative estimate of drug-likeness (QED) is 0.458. The van der Waals surface area contributed by atoms with Crippen molar-refractivity contribution in [1.82, 2.24) is 20.1 Å². The number of hydrogen-bond donors (Lipinski definition) is 1. The summed E-state index contributed by atoms with van der Waals surface area (Å²) in [5.74, 6) is 6.39. The van der Waals surface area contributed by atoms with Gasteiger partial charge in [0.05, 0.1) is 11.9 Å². The van der Waals surface area contributed by atoms with Gasteiger partial charge in [0.15, 0.2) is 0 Å². The smallest absolute Gasteiger partial charge is 0.342 e. The zero-order valence-electron chi connectivity index (χ0n) is 19.6. The van der Waals surface area contributed by atoms with Crippen molar-refractivity contribution < 1.29 is 14.3 Å². The predicted molar refractivity (Wildman–Crippen MR) is 135 cm³/mol. The van der Waals surface area contributed by atoms with Gasteiger partial charge in [0.2, 0.25) is 0 Å². The second-order valence-corrected chi connectivity index (χ2v) is 8.34. The van der Waals surface area contributed by atoms with Crippen LogP contribution in [-0.4, -0.2) is 46.4 Å². The first-order valence-corrected chi connectivity index (χ1v) is 11.4. The Morgan fingerprint density at radius 1 is 1.06 bits per heavy atom. The zero-order valence-corrected chi connectivity index (χ0v) is 19.6. The van der Waals surface area contributed by atoms with E-state index in [0.29, 0.717) is 17.9 Å². The van der Waals surface area contributed by atoms with Gasteiger partial charge >= 0.3 is 6.03 Å². The van der Waals surface area contributed by atoms with Crippen LogP contribution in [-0.2, 0) is 11.2 Å². The third kappa shape index (κ3) is 5.10. The molecule has 0 bridgehead atoms. The molecule has 5 rings (SSSR count). The van der Waals surface area contributed by atoms with Crippen LogP contribution >= 0.6 is 0 Å². The summed E-state index contributed by atoms with van der Waals surface area (Å²) >= 11 is 0. The summed E-state index contributed by atoms with van der Waals surface area (Å²) < 4.78 is 7.08. The summed E-state index contributed by atoms with van der Waals surface area (Å²) in [6, 6.07) is 17.7. The number of fused-ring (bicyclic) bond motifs is 1. The highest BCUT2D eigenvalue weighted by Crippen LogP contribution is 2.31. The van der Waals surface area contributed by atoms with E-state index in [2.05, 4.69) is 27.2 Å². The van der Waals surface area contributed by atoms with Gasteiger partial charge in [0.25, 0.3) is 5.91 Å². The molecular weight excluding hydrogens is 454 g/mol. The predicted octanol–water partition coefficient (Wildman–Crippen LogP) is 3.25. The molecular formula is C28H23N5O3. The summed E-state index contributed by atoms with van der Waals surface area (Å²) in [6.45, 7) is 0.000758. The molecule has 36 heavy (non-hydrogen) atoms. The molecule has 1 aliphatic heterocycles. The van der Waals surface area contributed by atoms with Gasteiger partial charge in [0.1, 0.15) is 18.4 Å². The van der Waals surface area contributed by atoms with E-state index < -0.39 is 12.1 Å². The van der Waals surface area contributed by atoms with E-state index in [4.69, 9.17) is 4.74 Å². The first-order valence-electron chi connectivity index (χ1n) is 11.4.